The Balaban J connectivity index is 0.000000178. The number of alkyl halides is 13. The number of ether oxygens (including phenoxy) is 4. The number of para-hydroxylation sites is 1. The number of halogens is 15. The number of hydrogen-bond acceptors (Lipinski definition) is 8. The Hall–Kier alpha value is -4.80. The lowest BCUT2D eigenvalue weighted by atomic mass is 9.85. The molecule has 8 rings (SSSR count). The molecular weight excluding hydrogens is 886 g/mol. The molecule has 0 aliphatic carbocycles. The van der Waals surface area contributed by atoms with Crippen molar-refractivity contribution in [2.45, 2.75) is 55.9 Å². The third-order valence-electron chi connectivity index (χ3n) is 9.61. The fourth-order valence-corrected chi connectivity index (χ4v) is 7.70. The third-order valence-corrected chi connectivity index (χ3v) is 10.2. The van der Waals surface area contributed by atoms with Crippen molar-refractivity contribution in [2.24, 2.45) is 9.98 Å². The number of rotatable bonds is 4. The van der Waals surface area contributed by atoms with Crippen molar-refractivity contribution < 1.29 is 80.4 Å². The average molecular weight is 909 g/mol. The number of allylic oxidation sites excluding steroid dienone is 4. The normalized spacial score (nSPS) is 23.7. The van der Waals surface area contributed by atoms with Gasteiger partial charge in [-0.1, -0.05) is 18.2 Å². The van der Waals surface area contributed by atoms with Gasteiger partial charge in [-0.15, -0.1) is 0 Å². The van der Waals surface area contributed by atoms with E-state index < -0.39 is 101 Å². The van der Waals surface area contributed by atoms with Gasteiger partial charge in [0, 0.05) is 29.9 Å². The molecule has 0 fully saturated rings. The summed E-state index contributed by atoms with van der Waals surface area (Å²) < 4.78 is 204. The largest absolute Gasteiger partial charge is 0.492 e. The van der Waals surface area contributed by atoms with E-state index in [2.05, 4.69) is 35.4 Å². The van der Waals surface area contributed by atoms with Gasteiger partial charge in [0.25, 0.3) is 0 Å². The van der Waals surface area contributed by atoms with Crippen molar-refractivity contribution in [1.29, 1.82) is 0 Å². The number of benzene rings is 2. The fourth-order valence-electron chi connectivity index (χ4n) is 7.22. The predicted octanol–water partition coefficient (Wildman–Crippen LogP) is 9.59. The number of aliphatic imine (C=N–C) groups is 2. The van der Waals surface area contributed by atoms with E-state index in [1.165, 1.54) is 4.90 Å². The van der Waals surface area contributed by atoms with Gasteiger partial charge in [-0.05, 0) is 45.8 Å². The van der Waals surface area contributed by atoms with Crippen LogP contribution < -0.4 is 4.74 Å². The third kappa shape index (κ3) is 7.61. The summed E-state index contributed by atoms with van der Waals surface area (Å²) in [4.78, 5) is 10.8. The Kier molecular flexibility index (Phi) is 10.3. The van der Waals surface area contributed by atoms with Crippen LogP contribution in [0.1, 0.15) is 28.7 Å². The highest BCUT2D eigenvalue weighted by Crippen LogP contribution is 2.49. The van der Waals surface area contributed by atoms with E-state index in [1.807, 2.05) is 0 Å². The molecule has 0 bridgehead atoms. The molecule has 0 N–H and O–H groups in total. The Morgan fingerprint density at radius 1 is 0.724 bits per heavy atom. The van der Waals surface area contributed by atoms with Gasteiger partial charge in [0.1, 0.15) is 22.6 Å². The minimum Gasteiger partial charge on any atom is -0.492 e. The van der Waals surface area contributed by atoms with Crippen LogP contribution in [0.5, 0.6) is 5.75 Å². The topological polar surface area (TPSA) is 68.1 Å². The van der Waals surface area contributed by atoms with E-state index >= 15 is 0 Å². The minimum atomic E-state index is -4.98. The number of fused-ring (bicyclic) bond motifs is 6. The van der Waals surface area contributed by atoms with Crippen LogP contribution in [0.15, 0.2) is 92.0 Å². The van der Waals surface area contributed by atoms with Crippen LogP contribution in [0.2, 0.25) is 0 Å². The molecule has 2 spiro atoms. The van der Waals surface area contributed by atoms with Crippen LogP contribution in [0.4, 0.5) is 61.5 Å². The molecule has 2 aromatic carbocycles. The lowest BCUT2D eigenvalue weighted by molar-refractivity contribution is -0.140. The van der Waals surface area contributed by atoms with E-state index in [4.69, 9.17) is 9.47 Å². The summed E-state index contributed by atoms with van der Waals surface area (Å²) in [6, 6.07) is 6.79. The van der Waals surface area contributed by atoms with E-state index in [0.717, 1.165) is 17.2 Å². The Morgan fingerprint density at radius 2 is 1.28 bits per heavy atom. The first kappa shape index (κ1) is 41.4. The van der Waals surface area contributed by atoms with Crippen LogP contribution in [-0.2, 0) is 38.1 Å². The smallest absolute Gasteiger partial charge is 0.419 e. The second-order valence-corrected chi connectivity index (χ2v) is 14.1. The summed E-state index contributed by atoms with van der Waals surface area (Å²) in [7, 11) is 0. The zero-order valence-electron chi connectivity index (χ0n) is 28.7. The summed E-state index contributed by atoms with van der Waals surface area (Å²) >= 11 is 3.39. The van der Waals surface area contributed by atoms with Gasteiger partial charge in [-0.25, -0.2) is 9.38 Å². The van der Waals surface area contributed by atoms with Gasteiger partial charge in [-0.3, -0.25) is 4.99 Å². The van der Waals surface area contributed by atoms with E-state index in [0.29, 0.717) is 53.2 Å². The van der Waals surface area contributed by atoms with Crippen molar-refractivity contribution in [3.8, 4) is 5.75 Å². The summed E-state index contributed by atoms with van der Waals surface area (Å²) in [6.07, 6.45) is -11.8. The minimum absolute atomic E-state index is 0.0375. The number of hydrogen-bond donors (Lipinski definition) is 0. The van der Waals surface area contributed by atoms with Gasteiger partial charge in [0.05, 0.1) is 54.1 Å². The molecule has 2 atom stereocenters. The second kappa shape index (κ2) is 14.5. The molecule has 0 saturated heterocycles. The Bertz CT molecular complexity index is 2200. The quantitative estimate of drug-likeness (QED) is 0.285. The van der Waals surface area contributed by atoms with Crippen LogP contribution in [-0.4, -0.2) is 73.3 Å². The van der Waals surface area contributed by atoms with Crippen molar-refractivity contribution in [1.82, 2.24) is 9.80 Å². The van der Waals surface area contributed by atoms with Gasteiger partial charge in [0.2, 0.25) is 0 Å². The molecule has 6 heterocycles. The van der Waals surface area contributed by atoms with Gasteiger partial charge in [-0.2, -0.15) is 57.1 Å². The van der Waals surface area contributed by atoms with Crippen LogP contribution in [0, 0.1) is 5.82 Å². The highest BCUT2D eigenvalue weighted by Gasteiger charge is 2.51. The van der Waals surface area contributed by atoms with Crippen LogP contribution in [0.25, 0.3) is 0 Å². The molecule has 0 aromatic heterocycles. The predicted molar refractivity (Wildman–Crippen MR) is 176 cm³/mol. The maximum Gasteiger partial charge on any atom is 0.419 e. The van der Waals surface area contributed by atoms with Gasteiger partial charge in [0.15, 0.2) is 23.2 Å². The van der Waals surface area contributed by atoms with Gasteiger partial charge >= 0.3 is 31.8 Å². The molecule has 1 unspecified atom stereocenters. The SMILES string of the molecule is FC(F)OC1=CC(C(F)(F)F)=CN2C[C@@]3(CCOc4c(Br)cccc43)N=C12.Fc1c(C(F)(F)F)ccc2c1COCC21CN2C=C(C(F)(F)F)C=C(OC(F)F)C2=N1. The molecule has 0 saturated carbocycles. The summed E-state index contributed by atoms with van der Waals surface area (Å²) in [5, 5.41) is 0. The summed E-state index contributed by atoms with van der Waals surface area (Å²) in [5.41, 5.74) is -6.23. The first-order valence-corrected chi connectivity index (χ1v) is 17.3. The molecule has 8 nitrogen and oxygen atoms in total. The van der Waals surface area contributed by atoms with E-state index in [1.54, 1.807) is 18.2 Å². The standard InChI is InChI=1S/C18H11F9N2O2.C17H12BrF5N2O2/c19-13-9-5-30-7-16(10(9)1-2-11(13)18(25,26)27)6-29-4-8(17(22,23)24)3-12(14(29)28-16)31-15(20)21;18-11-3-1-2-10-13(11)26-5-4-16(10)8-25-7-9(17(21,22)23)6-12(14(25)24-16)27-15(19)20/h1-4,15H,5-7H2;1-3,6-7,15H,4-5,8H2/t;16-/m.1/s1. The molecular formula is C35H23BrF14N4O4. The number of nitrogens with zero attached hydrogens (tertiary/aromatic N) is 4. The first-order chi connectivity index (χ1) is 27.0. The van der Waals surface area contributed by atoms with Crippen LogP contribution >= 0.6 is 15.9 Å². The molecule has 23 heteroatoms. The Morgan fingerprint density at radius 3 is 1.81 bits per heavy atom. The maximum atomic E-state index is 14.6. The average Bonchev–Trinajstić information content (AvgIpc) is 3.67. The number of amidine groups is 2. The highest BCUT2D eigenvalue weighted by molar-refractivity contribution is 9.10. The monoisotopic (exact) mass is 908 g/mol. The summed E-state index contributed by atoms with van der Waals surface area (Å²) in [5.74, 6) is -2.95. The Labute approximate surface area is 325 Å². The maximum absolute atomic E-state index is 14.6. The van der Waals surface area contributed by atoms with Crippen molar-refractivity contribution in [3.05, 3.63) is 110 Å². The first-order valence-electron chi connectivity index (χ1n) is 16.5. The second-order valence-electron chi connectivity index (χ2n) is 13.3. The van der Waals surface area contributed by atoms with Crippen molar-refractivity contribution in [2.75, 3.05) is 26.3 Å². The molecule has 312 valence electrons. The molecule has 6 aliphatic rings. The molecule has 58 heavy (non-hydrogen) atoms. The van der Waals surface area contributed by atoms with Crippen molar-refractivity contribution in [3.63, 3.8) is 0 Å². The molecule has 6 aliphatic heterocycles. The molecule has 0 amide bonds. The molecule has 0 radical (unpaired) electrons. The van der Waals surface area contributed by atoms with Crippen LogP contribution in [0.3, 0.4) is 0 Å². The van der Waals surface area contributed by atoms with Gasteiger partial charge < -0.3 is 28.7 Å². The van der Waals surface area contributed by atoms with E-state index in [-0.39, 0.29) is 24.6 Å². The lowest BCUT2D eigenvalue weighted by Crippen LogP contribution is -2.40. The lowest BCUT2D eigenvalue weighted by Gasteiger charge is -2.34. The highest BCUT2D eigenvalue weighted by atomic mass is 79.9. The zero-order chi connectivity index (χ0) is 42.2. The zero-order valence-corrected chi connectivity index (χ0v) is 30.3. The van der Waals surface area contributed by atoms with E-state index in [9.17, 15) is 61.5 Å². The fraction of sp³-hybridized carbons (Fsp3) is 0.371. The summed E-state index contributed by atoms with van der Waals surface area (Å²) in [6.45, 7) is -7.60. The molecule has 2 aromatic rings. The van der Waals surface area contributed by atoms with Crippen molar-refractivity contribution >= 4 is 27.6 Å².